The fourth-order valence-corrected chi connectivity index (χ4v) is 4.06. The molecule has 0 amide bonds. The molecule has 0 unspecified atom stereocenters. The number of fused-ring (bicyclic) bond motifs is 1. The number of hydrogen-bond acceptors (Lipinski definition) is 4. The van der Waals surface area contributed by atoms with E-state index in [0.29, 0.717) is 5.02 Å². The maximum absolute atomic E-state index is 11.9. The van der Waals surface area contributed by atoms with Crippen LogP contribution in [-0.2, 0) is 10.0 Å². The summed E-state index contributed by atoms with van der Waals surface area (Å²) in [5.74, 6) is 0.966. The van der Waals surface area contributed by atoms with Crippen molar-refractivity contribution in [3.05, 3.63) is 29.1 Å². The summed E-state index contributed by atoms with van der Waals surface area (Å²) in [5, 5.41) is 0.242. The zero-order valence-electron chi connectivity index (χ0n) is 13.3. The van der Waals surface area contributed by atoms with E-state index in [9.17, 15) is 8.42 Å². The van der Waals surface area contributed by atoms with Gasteiger partial charge in [0.1, 0.15) is 5.52 Å². The molecule has 1 aliphatic carbocycles. The molecule has 0 radical (unpaired) electrons. The fourth-order valence-electron chi connectivity index (χ4n) is 2.92. The Morgan fingerprint density at radius 1 is 1.26 bits per heavy atom. The maximum Gasteiger partial charge on any atom is 0.214 e. The van der Waals surface area contributed by atoms with Gasteiger partial charge in [0.25, 0.3) is 0 Å². The molecule has 0 saturated heterocycles. The highest BCUT2D eigenvalue weighted by Crippen LogP contribution is 2.34. The average molecular weight is 357 g/mol. The lowest BCUT2D eigenvalue weighted by Crippen LogP contribution is -2.40. The van der Waals surface area contributed by atoms with E-state index in [1.165, 1.54) is 0 Å². The highest BCUT2D eigenvalue weighted by molar-refractivity contribution is 7.90. The van der Waals surface area contributed by atoms with Gasteiger partial charge in [0.2, 0.25) is 10.0 Å². The average Bonchev–Trinajstić information content (AvgIpc) is 2.90. The summed E-state index contributed by atoms with van der Waals surface area (Å²) in [6.07, 6.45) is 3.34. The lowest BCUT2D eigenvalue weighted by atomic mass is 9.86. The quantitative estimate of drug-likeness (QED) is 0.903. The topological polar surface area (TPSA) is 72.2 Å². The van der Waals surface area contributed by atoms with E-state index >= 15 is 0 Å². The van der Waals surface area contributed by atoms with Gasteiger partial charge in [0.15, 0.2) is 11.5 Å². The molecule has 1 aliphatic rings. The van der Waals surface area contributed by atoms with Gasteiger partial charge in [0, 0.05) is 17.0 Å². The van der Waals surface area contributed by atoms with Crippen molar-refractivity contribution in [2.45, 2.75) is 56.7 Å². The zero-order chi connectivity index (χ0) is 16.6. The minimum atomic E-state index is -3.21. The van der Waals surface area contributed by atoms with Crippen LogP contribution in [0.15, 0.2) is 22.6 Å². The molecule has 1 aromatic carbocycles. The van der Waals surface area contributed by atoms with Crippen LogP contribution in [0.25, 0.3) is 11.1 Å². The van der Waals surface area contributed by atoms with Crippen LogP contribution in [0.1, 0.15) is 51.3 Å². The number of benzene rings is 1. The van der Waals surface area contributed by atoms with Gasteiger partial charge in [-0.25, -0.2) is 18.1 Å². The Morgan fingerprint density at radius 2 is 1.96 bits per heavy atom. The molecule has 0 bridgehead atoms. The largest absolute Gasteiger partial charge is 0.440 e. The summed E-state index contributed by atoms with van der Waals surface area (Å²) in [7, 11) is -3.21. The van der Waals surface area contributed by atoms with Gasteiger partial charge in [-0.3, -0.25) is 0 Å². The normalized spacial score (nSPS) is 22.8. The first kappa shape index (κ1) is 16.7. The first-order valence-electron chi connectivity index (χ1n) is 7.92. The fraction of sp³-hybridized carbons (Fsp3) is 0.562. The van der Waals surface area contributed by atoms with E-state index in [2.05, 4.69) is 9.71 Å². The second-order valence-corrected chi connectivity index (χ2v) is 9.13. The number of halogens is 1. The Labute approximate surface area is 141 Å². The number of rotatable bonds is 4. The second-order valence-electron chi connectivity index (χ2n) is 6.42. The predicted molar refractivity (Wildman–Crippen MR) is 91.2 cm³/mol. The second kappa shape index (κ2) is 6.42. The summed E-state index contributed by atoms with van der Waals surface area (Å²) >= 11 is 5.97. The molecule has 23 heavy (non-hydrogen) atoms. The number of hydrogen-bond donors (Lipinski definition) is 1. The van der Waals surface area contributed by atoms with Gasteiger partial charge in [-0.05, 0) is 57.7 Å². The summed E-state index contributed by atoms with van der Waals surface area (Å²) in [5.41, 5.74) is 1.52. The third-order valence-corrected chi connectivity index (χ3v) is 6.53. The molecule has 1 fully saturated rings. The molecule has 7 heteroatoms. The molecule has 5 nitrogen and oxygen atoms in total. The van der Waals surface area contributed by atoms with E-state index in [4.69, 9.17) is 16.0 Å². The third kappa shape index (κ3) is 3.70. The van der Waals surface area contributed by atoms with Crippen LogP contribution in [0.2, 0.25) is 5.02 Å². The summed E-state index contributed by atoms with van der Waals surface area (Å²) in [6.45, 7) is 3.38. The number of aromatic nitrogens is 1. The Morgan fingerprint density at radius 3 is 2.61 bits per heavy atom. The van der Waals surface area contributed by atoms with Crippen molar-refractivity contribution in [2.24, 2.45) is 0 Å². The van der Waals surface area contributed by atoms with E-state index < -0.39 is 15.3 Å². The van der Waals surface area contributed by atoms with Crippen molar-refractivity contribution in [1.82, 2.24) is 9.71 Å². The monoisotopic (exact) mass is 356 g/mol. The van der Waals surface area contributed by atoms with E-state index in [1.54, 1.807) is 26.0 Å². The van der Waals surface area contributed by atoms with E-state index in [1.807, 2.05) is 6.07 Å². The number of nitrogens with one attached hydrogen (secondary N) is 1. The summed E-state index contributed by atoms with van der Waals surface area (Å²) < 4.78 is 32.5. The number of nitrogens with zero attached hydrogens (tertiary/aromatic N) is 1. The van der Waals surface area contributed by atoms with Crippen LogP contribution in [0.4, 0.5) is 0 Å². The zero-order valence-corrected chi connectivity index (χ0v) is 14.8. The van der Waals surface area contributed by atoms with Crippen LogP contribution >= 0.6 is 11.6 Å². The molecule has 126 valence electrons. The van der Waals surface area contributed by atoms with Gasteiger partial charge in [-0.1, -0.05) is 11.6 Å². The lowest BCUT2D eigenvalue weighted by molar-refractivity contribution is 0.332. The molecule has 2 aromatic rings. The van der Waals surface area contributed by atoms with Gasteiger partial charge in [0.05, 0.1) is 5.25 Å². The molecule has 1 N–H and O–H groups in total. The highest BCUT2D eigenvalue weighted by Gasteiger charge is 2.29. The van der Waals surface area contributed by atoms with Gasteiger partial charge >= 0.3 is 0 Å². The Hall–Kier alpha value is -1.11. The highest BCUT2D eigenvalue weighted by atomic mass is 35.5. The van der Waals surface area contributed by atoms with Gasteiger partial charge < -0.3 is 4.42 Å². The molecular weight excluding hydrogens is 336 g/mol. The van der Waals surface area contributed by atoms with Crippen molar-refractivity contribution in [1.29, 1.82) is 0 Å². The van der Waals surface area contributed by atoms with Gasteiger partial charge in [-0.2, -0.15) is 0 Å². The van der Waals surface area contributed by atoms with E-state index in [-0.39, 0.29) is 12.0 Å². The molecule has 1 saturated carbocycles. The summed E-state index contributed by atoms with van der Waals surface area (Å²) in [4.78, 5) is 4.54. The Balaban J connectivity index is 1.66. The first-order valence-corrected chi connectivity index (χ1v) is 9.84. The van der Waals surface area contributed by atoms with Crippen LogP contribution < -0.4 is 4.72 Å². The van der Waals surface area contributed by atoms with Crippen molar-refractivity contribution >= 4 is 32.7 Å². The number of oxazole rings is 1. The Bertz CT molecular complexity index is 793. The SMILES string of the molecule is CC(C)S(=O)(=O)NC1CCC(c2nc3cc(Cl)ccc3o2)CC1. The minimum Gasteiger partial charge on any atom is -0.440 e. The molecule has 3 rings (SSSR count). The molecule has 0 aliphatic heterocycles. The van der Waals surface area contributed by atoms with Gasteiger partial charge in [-0.15, -0.1) is 0 Å². The molecule has 0 spiro atoms. The third-order valence-electron chi connectivity index (χ3n) is 4.39. The standard InChI is InChI=1S/C16H21ClN2O3S/c1-10(2)23(20,21)19-13-6-3-11(4-7-13)16-18-14-9-12(17)5-8-15(14)22-16/h5,8-11,13,19H,3-4,6-7H2,1-2H3. The minimum absolute atomic E-state index is 0.0115. The lowest BCUT2D eigenvalue weighted by Gasteiger charge is -2.27. The Kier molecular flexibility index (Phi) is 4.67. The molecule has 1 heterocycles. The van der Waals surface area contributed by atoms with Crippen molar-refractivity contribution in [2.75, 3.05) is 0 Å². The summed E-state index contributed by atoms with van der Waals surface area (Å²) in [6, 6.07) is 5.43. The van der Waals surface area contributed by atoms with Crippen molar-refractivity contribution < 1.29 is 12.8 Å². The predicted octanol–water partition coefficient (Wildman–Crippen LogP) is 3.84. The first-order chi connectivity index (χ1) is 10.8. The van der Waals surface area contributed by atoms with Crippen molar-refractivity contribution in [3.8, 4) is 0 Å². The van der Waals surface area contributed by atoms with Crippen LogP contribution in [0.5, 0.6) is 0 Å². The number of sulfonamides is 1. The molecule has 1 aromatic heterocycles. The van der Waals surface area contributed by atoms with Crippen LogP contribution in [-0.4, -0.2) is 24.7 Å². The smallest absolute Gasteiger partial charge is 0.214 e. The maximum atomic E-state index is 11.9. The van der Waals surface area contributed by atoms with Crippen LogP contribution in [0, 0.1) is 0 Å². The molecule has 0 atom stereocenters. The molecular formula is C16H21ClN2O3S. The van der Waals surface area contributed by atoms with E-state index in [0.717, 1.165) is 42.7 Å². The van der Waals surface area contributed by atoms with Crippen molar-refractivity contribution in [3.63, 3.8) is 0 Å². The van der Waals surface area contributed by atoms with Crippen LogP contribution in [0.3, 0.4) is 0 Å².